The van der Waals surface area contributed by atoms with Gasteiger partial charge in [0.25, 0.3) is 0 Å². The third-order valence-corrected chi connectivity index (χ3v) is 2.75. The second kappa shape index (κ2) is 3.38. The molecule has 0 aliphatic heterocycles. The Kier molecular flexibility index (Phi) is 2.57. The van der Waals surface area contributed by atoms with Crippen LogP contribution in [-0.4, -0.2) is 20.6 Å². The average molecular weight is 217 g/mol. The Hall–Kier alpha value is -1.43. The fourth-order valence-corrected chi connectivity index (χ4v) is 1.90. The maximum Gasteiger partial charge on any atom is 0.250 e. The van der Waals surface area contributed by atoms with Gasteiger partial charge in [0.2, 0.25) is 5.91 Å². The molecule has 0 spiro atoms. The van der Waals surface area contributed by atoms with Gasteiger partial charge < -0.3 is 5.73 Å². The summed E-state index contributed by atoms with van der Waals surface area (Å²) < 4.78 is 35.0. The van der Waals surface area contributed by atoms with Gasteiger partial charge in [-0.25, -0.2) is 12.8 Å². The zero-order valence-electron chi connectivity index (χ0n) is 7.32. The van der Waals surface area contributed by atoms with E-state index in [1.54, 1.807) is 0 Å². The van der Waals surface area contributed by atoms with E-state index in [0.717, 1.165) is 24.5 Å². The summed E-state index contributed by atoms with van der Waals surface area (Å²) >= 11 is 0. The van der Waals surface area contributed by atoms with Crippen LogP contribution in [0.25, 0.3) is 0 Å². The number of carbonyl (C=O) groups is 1. The van der Waals surface area contributed by atoms with Crippen LogP contribution in [-0.2, 0) is 9.84 Å². The van der Waals surface area contributed by atoms with Gasteiger partial charge in [0.05, 0.1) is 10.5 Å². The van der Waals surface area contributed by atoms with E-state index in [1.165, 1.54) is 0 Å². The molecule has 1 amide bonds. The van der Waals surface area contributed by atoms with Crippen LogP contribution in [0.2, 0.25) is 0 Å². The fourth-order valence-electron chi connectivity index (χ4n) is 1.01. The highest BCUT2D eigenvalue weighted by atomic mass is 32.2. The SMILES string of the molecule is CS(=O)(=O)c1cc(F)ccc1C(N)=O. The highest BCUT2D eigenvalue weighted by molar-refractivity contribution is 7.90. The predicted octanol–water partition coefficient (Wildman–Crippen LogP) is 0.328. The molecule has 14 heavy (non-hydrogen) atoms. The molecule has 2 N–H and O–H groups in total. The number of halogens is 1. The van der Waals surface area contributed by atoms with Crippen molar-refractivity contribution in [3.8, 4) is 0 Å². The van der Waals surface area contributed by atoms with Crippen LogP contribution < -0.4 is 5.73 Å². The van der Waals surface area contributed by atoms with Gasteiger partial charge in [-0.2, -0.15) is 0 Å². The molecule has 0 atom stereocenters. The lowest BCUT2D eigenvalue weighted by Crippen LogP contribution is -2.16. The number of benzene rings is 1. The Labute approximate surface area is 80.5 Å². The maximum absolute atomic E-state index is 12.7. The van der Waals surface area contributed by atoms with E-state index in [2.05, 4.69) is 0 Å². The summed E-state index contributed by atoms with van der Waals surface area (Å²) in [7, 11) is -3.64. The number of sulfone groups is 1. The van der Waals surface area contributed by atoms with E-state index in [1.807, 2.05) is 0 Å². The molecule has 0 saturated heterocycles. The summed E-state index contributed by atoms with van der Waals surface area (Å²) in [4.78, 5) is 10.4. The molecule has 4 nitrogen and oxygen atoms in total. The third-order valence-electron chi connectivity index (χ3n) is 1.61. The van der Waals surface area contributed by atoms with Crippen molar-refractivity contribution in [2.24, 2.45) is 5.73 Å². The number of carbonyl (C=O) groups excluding carboxylic acids is 1. The lowest BCUT2D eigenvalue weighted by atomic mass is 10.2. The molecule has 0 saturated carbocycles. The first-order valence-corrected chi connectivity index (χ1v) is 5.51. The van der Waals surface area contributed by atoms with Crippen LogP contribution in [0.1, 0.15) is 10.4 Å². The van der Waals surface area contributed by atoms with E-state index in [4.69, 9.17) is 5.73 Å². The molecule has 0 bridgehead atoms. The van der Waals surface area contributed by atoms with Crippen molar-refractivity contribution >= 4 is 15.7 Å². The van der Waals surface area contributed by atoms with Crippen molar-refractivity contribution in [3.05, 3.63) is 29.6 Å². The Morgan fingerprint density at radius 1 is 1.43 bits per heavy atom. The summed E-state index contributed by atoms with van der Waals surface area (Å²) in [6, 6.07) is 2.80. The summed E-state index contributed by atoms with van der Waals surface area (Å²) in [5.41, 5.74) is 4.74. The first kappa shape index (κ1) is 10.6. The minimum atomic E-state index is -3.64. The minimum absolute atomic E-state index is 0.200. The van der Waals surface area contributed by atoms with Crippen molar-refractivity contribution in [1.29, 1.82) is 0 Å². The van der Waals surface area contributed by atoms with E-state index in [0.29, 0.717) is 0 Å². The largest absolute Gasteiger partial charge is 0.366 e. The standard InChI is InChI=1S/C8H8FNO3S/c1-14(12,13)7-4-5(9)2-3-6(7)8(10)11/h2-4H,1H3,(H2,10,11). The number of nitrogens with two attached hydrogens (primary N) is 1. The van der Waals surface area contributed by atoms with Crippen LogP contribution in [0.4, 0.5) is 4.39 Å². The second-order valence-electron chi connectivity index (χ2n) is 2.78. The molecule has 0 unspecified atom stereocenters. The molecule has 76 valence electrons. The first-order chi connectivity index (χ1) is 6.32. The molecule has 0 aliphatic rings. The average Bonchev–Trinajstić information content (AvgIpc) is 2.01. The number of rotatable bonds is 2. The number of hydrogen-bond donors (Lipinski definition) is 1. The van der Waals surface area contributed by atoms with Crippen LogP contribution in [0, 0.1) is 5.82 Å². The molecule has 0 radical (unpaired) electrons. The van der Waals surface area contributed by atoms with Gasteiger partial charge in [0, 0.05) is 6.26 Å². The lowest BCUT2D eigenvalue weighted by Gasteiger charge is -2.03. The van der Waals surface area contributed by atoms with Gasteiger partial charge in [-0.3, -0.25) is 4.79 Å². The van der Waals surface area contributed by atoms with Crippen LogP contribution in [0.3, 0.4) is 0 Å². The van der Waals surface area contributed by atoms with Crippen molar-refractivity contribution in [2.45, 2.75) is 4.90 Å². The molecule has 1 aromatic carbocycles. The zero-order valence-corrected chi connectivity index (χ0v) is 8.14. The van der Waals surface area contributed by atoms with E-state index in [9.17, 15) is 17.6 Å². The van der Waals surface area contributed by atoms with Crippen molar-refractivity contribution in [3.63, 3.8) is 0 Å². The molecule has 0 heterocycles. The lowest BCUT2D eigenvalue weighted by molar-refractivity contribution is 0.0997. The summed E-state index contributed by atoms with van der Waals surface area (Å²) in [5.74, 6) is -1.62. The van der Waals surface area contributed by atoms with Crippen LogP contribution >= 0.6 is 0 Å². The minimum Gasteiger partial charge on any atom is -0.366 e. The smallest absolute Gasteiger partial charge is 0.250 e. The number of hydrogen-bond acceptors (Lipinski definition) is 3. The Balaban J connectivity index is 3.54. The van der Waals surface area contributed by atoms with Crippen LogP contribution in [0.15, 0.2) is 23.1 Å². The van der Waals surface area contributed by atoms with E-state index in [-0.39, 0.29) is 10.5 Å². The number of primary amides is 1. The first-order valence-electron chi connectivity index (χ1n) is 3.62. The molecule has 0 aliphatic carbocycles. The Morgan fingerprint density at radius 3 is 2.43 bits per heavy atom. The molecule has 6 heteroatoms. The summed E-state index contributed by atoms with van der Waals surface area (Å²) in [6.07, 6.45) is 0.883. The van der Waals surface area contributed by atoms with Gasteiger partial charge >= 0.3 is 0 Å². The van der Waals surface area contributed by atoms with Gasteiger partial charge in [-0.15, -0.1) is 0 Å². The van der Waals surface area contributed by atoms with Crippen LogP contribution in [0.5, 0.6) is 0 Å². The van der Waals surface area contributed by atoms with Crippen molar-refractivity contribution in [1.82, 2.24) is 0 Å². The summed E-state index contributed by atoms with van der Waals surface area (Å²) in [5, 5.41) is 0. The second-order valence-corrected chi connectivity index (χ2v) is 4.76. The maximum atomic E-state index is 12.7. The Morgan fingerprint density at radius 2 is 2.00 bits per heavy atom. The van der Waals surface area contributed by atoms with Crippen molar-refractivity contribution in [2.75, 3.05) is 6.26 Å². The molecular formula is C8H8FNO3S. The monoisotopic (exact) mass is 217 g/mol. The highest BCUT2D eigenvalue weighted by Crippen LogP contribution is 2.16. The predicted molar refractivity (Wildman–Crippen MR) is 48.0 cm³/mol. The molecule has 0 fully saturated rings. The normalized spacial score (nSPS) is 11.3. The number of amides is 1. The highest BCUT2D eigenvalue weighted by Gasteiger charge is 2.17. The Bertz CT molecular complexity index is 481. The van der Waals surface area contributed by atoms with Gasteiger partial charge in [0.15, 0.2) is 9.84 Å². The van der Waals surface area contributed by atoms with E-state index < -0.39 is 21.6 Å². The van der Waals surface area contributed by atoms with E-state index >= 15 is 0 Å². The molecule has 1 aromatic rings. The van der Waals surface area contributed by atoms with Crippen molar-refractivity contribution < 1.29 is 17.6 Å². The zero-order chi connectivity index (χ0) is 10.9. The third kappa shape index (κ3) is 2.08. The molecule has 1 rings (SSSR count). The van der Waals surface area contributed by atoms with Gasteiger partial charge in [0.1, 0.15) is 5.82 Å². The molecule has 0 aromatic heterocycles. The van der Waals surface area contributed by atoms with Gasteiger partial charge in [-0.1, -0.05) is 0 Å². The quantitative estimate of drug-likeness (QED) is 0.775. The molecular weight excluding hydrogens is 209 g/mol. The van der Waals surface area contributed by atoms with Gasteiger partial charge in [-0.05, 0) is 18.2 Å². The topological polar surface area (TPSA) is 77.2 Å². The fraction of sp³-hybridized carbons (Fsp3) is 0.125. The summed E-state index contributed by atoms with van der Waals surface area (Å²) in [6.45, 7) is 0.